The highest BCUT2D eigenvalue weighted by Crippen LogP contribution is 2.30. The zero-order chi connectivity index (χ0) is 17.0. The molecule has 1 saturated carbocycles. The Labute approximate surface area is 138 Å². The molecular formula is C19H27NO3. The van der Waals surface area contributed by atoms with E-state index >= 15 is 0 Å². The lowest BCUT2D eigenvalue weighted by Gasteiger charge is -2.32. The third-order valence-corrected chi connectivity index (χ3v) is 5.09. The summed E-state index contributed by atoms with van der Waals surface area (Å²) >= 11 is 0. The molecule has 1 aliphatic carbocycles. The van der Waals surface area contributed by atoms with Crippen molar-refractivity contribution in [3.05, 3.63) is 35.4 Å². The molecule has 126 valence electrons. The number of carboxylic acids is 1. The Hall–Kier alpha value is -1.84. The Morgan fingerprint density at radius 2 is 1.65 bits per heavy atom. The van der Waals surface area contributed by atoms with Gasteiger partial charge < -0.3 is 10.0 Å². The van der Waals surface area contributed by atoms with Crippen LogP contribution in [0.1, 0.15) is 43.7 Å². The van der Waals surface area contributed by atoms with E-state index in [0.29, 0.717) is 25.7 Å². The van der Waals surface area contributed by atoms with E-state index in [9.17, 15) is 9.59 Å². The Morgan fingerprint density at radius 1 is 1.13 bits per heavy atom. The van der Waals surface area contributed by atoms with Gasteiger partial charge in [-0.25, -0.2) is 0 Å². The van der Waals surface area contributed by atoms with Crippen molar-refractivity contribution in [2.45, 2.75) is 52.0 Å². The fourth-order valence-corrected chi connectivity index (χ4v) is 3.29. The number of nitrogens with zero attached hydrogens (tertiary/aromatic N) is 1. The zero-order valence-electron chi connectivity index (χ0n) is 14.3. The maximum Gasteiger partial charge on any atom is 0.306 e. The van der Waals surface area contributed by atoms with Gasteiger partial charge in [0.2, 0.25) is 5.91 Å². The predicted molar refractivity (Wildman–Crippen MR) is 90.2 cm³/mol. The second-order valence-electron chi connectivity index (χ2n) is 6.87. The quantitative estimate of drug-likeness (QED) is 0.906. The molecule has 0 radical (unpaired) electrons. The Bertz CT molecular complexity index is 544. The molecule has 1 unspecified atom stereocenters. The summed E-state index contributed by atoms with van der Waals surface area (Å²) in [5.41, 5.74) is 2.47. The molecule has 1 aromatic rings. The van der Waals surface area contributed by atoms with E-state index in [1.54, 1.807) is 0 Å². The van der Waals surface area contributed by atoms with Crippen molar-refractivity contribution in [1.29, 1.82) is 0 Å². The minimum atomic E-state index is -0.725. The van der Waals surface area contributed by atoms with Crippen molar-refractivity contribution in [1.82, 2.24) is 4.90 Å². The van der Waals surface area contributed by atoms with Gasteiger partial charge in [0.05, 0.1) is 5.92 Å². The van der Waals surface area contributed by atoms with E-state index in [0.717, 1.165) is 6.42 Å². The van der Waals surface area contributed by atoms with Crippen LogP contribution in [0.25, 0.3) is 0 Å². The lowest BCUT2D eigenvalue weighted by atomic mass is 9.81. The minimum Gasteiger partial charge on any atom is -0.481 e. The standard InChI is InChI=1S/C19H27NO3/c1-13-4-6-15(7-5-13)12-14(2)20(3)18(21)16-8-10-17(11-9-16)19(22)23/h4-7,14,16-17H,8-12H2,1-3H3,(H,22,23). The Kier molecular flexibility index (Phi) is 5.80. The number of benzene rings is 1. The van der Waals surface area contributed by atoms with E-state index in [2.05, 4.69) is 38.1 Å². The molecular weight excluding hydrogens is 290 g/mol. The number of carboxylic acid groups (broad SMARTS) is 1. The number of aliphatic carboxylic acids is 1. The topological polar surface area (TPSA) is 57.6 Å². The number of rotatable bonds is 5. The summed E-state index contributed by atoms with van der Waals surface area (Å²) in [6, 6.07) is 8.56. The first kappa shape index (κ1) is 17.5. The van der Waals surface area contributed by atoms with Gasteiger partial charge in [-0.1, -0.05) is 29.8 Å². The van der Waals surface area contributed by atoms with E-state index in [-0.39, 0.29) is 23.8 Å². The molecule has 0 aromatic heterocycles. The maximum absolute atomic E-state index is 12.6. The third-order valence-electron chi connectivity index (χ3n) is 5.09. The van der Waals surface area contributed by atoms with Crippen molar-refractivity contribution in [3.63, 3.8) is 0 Å². The molecule has 1 aliphatic rings. The van der Waals surface area contributed by atoms with E-state index < -0.39 is 5.97 Å². The van der Waals surface area contributed by atoms with Gasteiger partial charge in [-0.15, -0.1) is 0 Å². The van der Waals surface area contributed by atoms with E-state index in [4.69, 9.17) is 5.11 Å². The average molecular weight is 317 g/mol. The van der Waals surface area contributed by atoms with Crippen LogP contribution in [-0.4, -0.2) is 35.0 Å². The van der Waals surface area contributed by atoms with Crippen LogP contribution in [0.3, 0.4) is 0 Å². The van der Waals surface area contributed by atoms with Gasteiger partial charge in [-0.2, -0.15) is 0 Å². The summed E-state index contributed by atoms with van der Waals surface area (Å²) in [5, 5.41) is 9.05. The van der Waals surface area contributed by atoms with Crippen molar-refractivity contribution in [2.24, 2.45) is 11.8 Å². The molecule has 1 N–H and O–H groups in total. The fourth-order valence-electron chi connectivity index (χ4n) is 3.29. The van der Waals surface area contributed by atoms with Crippen LogP contribution in [0, 0.1) is 18.8 Å². The van der Waals surface area contributed by atoms with Crippen LogP contribution < -0.4 is 0 Å². The fraction of sp³-hybridized carbons (Fsp3) is 0.579. The molecule has 0 saturated heterocycles. The van der Waals surface area contributed by atoms with Crippen LogP contribution in [0.2, 0.25) is 0 Å². The number of likely N-dealkylation sites (N-methyl/N-ethyl adjacent to an activating group) is 1. The Balaban J connectivity index is 1.89. The third kappa shape index (κ3) is 4.57. The normalized spacial score (nSPS) is 22.4. The summed E-state index contributed by atoms with van der Waals surface area (Å²) in [7, 11) is 1.87. The second kappa shape index (κ2) is 7.62. The van der Waals surface area contributed by atoms with E-state index in [1.165, 1.54) is 11.1 Å². The molecule has 1 atom stereocenters. The molecule has 23 heavy (non-hydrogen) atoms. The van der Waals surface area contributed by atoms with Gasteiger partial charge in [-0.3, -0.25) is 9.59 Å². The number of amides is 1. The molecule has 4 heteroatoms. The largest absolute Gasteiger partial charge is 0.481 e. The molecule has 1 amide bonds. The van der Waals surface area contributed by atoms with E-state index in [1.807, 2.05) is 11.9 Å². The minimum absolute atomic E-state index is 0.0175. The van der Waals surface area contributed by atoms with Crippen molar-refractivity contribution in [3.8, 4) is 0 Å². The summed E-state index contributed by atoms with van der Waals surface area (Å²) < 4.78 is 0. The van der Waals surface area contributed by atoms with Crippen molar-refractivity contribution >= 4 is 11.9 Å². The molecule has 1 aromatic carbocycles. The summed E-state index contributed by atoms with van der Waals surface area (Å²) in [6.07, 6.45) is 3.46. The molecule has 0 aliphatic heterocycles. The molecule has 0 spiro atoms. The monoisotopic (exact) mass is 317 g/mol. The molecule has 1 fully saturated rings. The highest BCUT2D eigenvalue weighted by molar-refractivity contribution is 5.79. The van der Waals surface area contributed by atoms with Gasteiger partial charge in [0.15, 0.2) is 0 Å². The molecule has 0 heterocycles. The lowest BCUT2D eigenvalue weighted by Crippen LogP contribution is -2.41. The van der Waals surface area contributed by atoms with Gasteiger partial charge >= 0.3 is 5.97 Å². The number of hydrogen-bond acceptors (Lipinski definition) is 2. The molecule has 2 rings (SSSR count). The number of carbonyl (C=O) groups is 2. The van der Waals surface area contributed by atoms with Gasteiger partial charge in [-0.05, 0) is 51.5 Å². The first-order valence-corrected chi connectivity index (χ1v) is 8.43. The number of hydrogen-bond donors (Lipinski definition) is 1. The van der Waals surface area contributed by atoms with Crippen molar-refractivity contribution < 1.29 is 14.7 Å². The predicted octanol–water partition coefficient (Wildman–Crippen LogP) is 3.28. The average Bonchev–Trinajstić information content (AvgIpc) is 2.55. The number of carbonyl (C=O) groups excluding carboxylic acids is 1. The summed E-state index contributed by atoms with van der Waals surface area (Å²) in [4.78, 5) is 25.5. The maximum atomic E-state index is 12.6. The summed E-state index contributed by atoms with van der Waals surface area (Å²) in [6.45, 7) is 4.14. The van der Waals surface area contributed by atoms with Gasteiger partial charge in [0, 0.05) is 19.0 Å². The van der Waals surface area contributed by atoms with Gasteiger partial charge in [0.1, 0.15) is 0 Å². The zero-order valence-corrected chi connectivity index (χ0v) is 14.3. The second-order valence-corrected chi connectivity index (χ2v) is 6.87. The van der Waals surface area contributed by atoms with Crippen LogP contribution in [0.4, 0.5) is 0 Å². The van der Waals surface area contributed by atoms with Crippen molar-refractivity contribution in [2.75, 3.05) is 7.05 Å². The molecule has 4 nitrogen and oxygen atoms in total. The summed E-state index contributed by atoms with van der Waals surface area (Å²) in [5.74, 6) is -0.851. The first-order valence-electron chi connectivity index (χ1n) is 8.43. The van der Waals surface area contributed by atoms with Crippen LogP contribution in [0.5, 0.6) is 0 Å². The van der Waals surface area contributed by atoms with Crippen LogP contribution >= 0.6 is 0 Å². The smallest absolute Gasteiger partial charge is 0.306 e. The highest BCUT2D eigenvalue weighted by Gasteiger charge is 2.32. The van der Waals surface area contributed by atoms with Crippen LogP contribution in [0.15, 0.2) is 24.3 Å². The SMILES string of the molecule is Cc1ccc(CC(C)N(C)C(=O)C2CCC(C(=O)O)CC2)cc1. The Morgan fingerprint density at radius 3 is 2.17 bits per heavy atom. The van der Waals surface area contributed by atoms with Crippen LogP contribution in [-0.2, 0) is 16.0 Å². The lowest BCUT2D eigenvalue weighted by molar-refractivity contribution is -0.145. The molecule has 0 bridgehead atoms. The first-order chi connectivity index (χ1) is 10.9. The number of aryl methyl sites for hydroxylation is 1. The highest BCUT2D eigenvalue weighted by atomic mass is 16.4. The van der Waals surface area contributed by atoms with Gasteiger partial charge in [0.25, 0.3) is 0 Å².